The molecule has 2 aromatic carbocycles. The fourth-order valence-electron chi connectivity index (χ4n) is 2.99. The predicted molar refractivity (Wildman–Crippen MR) is 110 cm³/mol. The molecule has 0 radical (unpaired) electrons. The number of amides is 1. The van der Waals surface area contributed by atoms with Crippen LogP contribution in [0.5, 0.6) is 0 Å². The van der Waals surface area contributed by atoms with E-state index in [9.17, 15) is 4.79 Å². The highest BCUT2D eigenvalue weighted by molar-refractivity contribution is 5.94. The average Bonchev–Trinajstić information content (AvgIpc) is 3.28. The fraction of sp³-hybridized carbons (Fsp3) is 0.0833. The van der Waals surface area contributed by atoms with Crippen LogP contribution in [-0.4, -0.2) is 10.9 Å². The third-order valence-electron chi connectivity index (χ3n) is 4.58. The molecule has 2 heterocycles. The highest BCUT2D eigenvalue weighted by Crippen LogP contribution is 2.21. The summed E-state index contributed by atoms with van der Waals surface area (Å²) in [6, 6.07) is 23.5. The van der Waals surface area contributed by atoms with Gasteiger partial charge in [-0.2, -0.15) is 0 Å². The Bertz CT molecular complexity index is 1070. The van der Waals surface area contributed by atoms with Crippen LogP contribution >= 0.6 is 0 Å². The van der Waals surface area contributed by atoms with Crippen LogP contribution in [0, 0.1) is 6.92 Å². The van der Waals surface area contributed by atoms with Crippen molar-refractivity contribution in [2.45, 2.75) is 13.5 Å². The van der Waals surface area contributed by atoms with E-state index in [0.717, 1.165) is 22.4 Å². The van der Waals surface area contributed by atoms with Gasteiger partial charge < -0.3 is 9.73 Å². The third-order valence-corrected chi connectivity index (χ3v) is 4.58. The average molecular weight is 368 g/mol. The van der Waals surface area contributed by atoms with Crippen molar-refractivity contribution in [3.63, 3.8) is 0 Å². The molecule has 0 aliphatic carbocycles. The van der Waals surface area contributed by atoms with Gasteiger partial charge in [0, 0.05) is 18.3 Å². The Morgan fingerprint density at radius 2 is 1.68 bits per heavy atom. The Hall–Kier alpha value is -3.66. The van der Waals surface area contributed by atoms with Crippen LogP contribution in [0.2, 0.25) is 0 Å². The topological polar surface area (TPSA) is 55.1 Å². The number of nitrogens with zero attached hydrogens (tertiary/aromatic N) is 1. The first-order chi connectivity index (χ1) is 13.7. The van der Waals surface area contributed by atoms with Gasteiger partial charge in [-0.25, -0.2) is 0 Å². The SMILES string of the molecule is Cc1ccc(-c2ccc(C(=O)NCc3ccnc(-c4ccco4)c3)cc2)cc1. The largest absolute Gasteiger partial charge is 0.463 e. The van der Waals surface area contributed by atoms with E-state index < -0.39 is 0 Å². The van der Waals surface area contributed by atoms with Crippen molar-refractivity contribution in [3.8, 4) is 22.6 Å². The van der Waals surface area contributed by atoms with E-state index in [1.807, 2.05) is 48.5 Å². The molecule has 4 aromatic rings. The zero-order valence-corrected chi connectivity index (χ0v) is 15.6. The first kappa shape index (κ1) is 17.7. The van der Waals surface area contributed by atoms with Crippen molar-refractivity contribution < 1.29 is 9.21 Å². The summed E-state index contributed by atoms with van der Waals surface area (Å²) in [5.41, 5.74) is 5.81. The molecule has 0 atom stereocenters. The summed E-state index contributed by atoms with van der Waals surface area (Å²) in [4.78, 5) is 16.8. The number of rotatable bonds is 5. The van der Waals surface area contributed by atoms with Gasteiger partial charge >= 0.3 is 0 Å². The van der Waals surface area contributed by atoms with Crippen LogP contribution in [0.25, 0.3) is 22.6 Å². The maximum Gasteiger partial charge on any atom is 0.251 e. The summed E-state index contributed by atoms with van der Waals surface area (Å²) >= 11 is 0. The van der Waals surface area contributed by atoms with Gasteiger partial charge in [-0.05, 0) is 60.0 Å². The van der Waals surface area contributed by atoms with Gasteiger partial charge in [0.15, 0.2) is 5.76 Å². The van der Waals surface area contributed by atoms with E-state index in [-0.39, 0.29) is 5.91 Å². The Morgan fingerprint density at radius 3 is 2.36 bits per heavy atom. The van der Waals surface area contributed by atoms with E-state index in [1.165, 1.54) is 5.56 Å². The molecule has 0 spiro atoms. The molecule has 1 amide bonds. The number of pyridine rings is 1. The molecular formula is C24H20N2O2. The van der Waals surface area contributed by atoms with Gasteiger partial charge in [-0.3, -0.25) is 9.78 Å². The van der Waals surface area contributed by atoms with Gasteiger partial charge in [0.2, 0.25) is 0 Å². The van der Waals surface area contributed by atoms with Gasteiger partial charge in [0.25, 0.3) is 5.91 Å². The van der Waals surface area contributed by atoms with E-state index in [1.54, 1.807) is 12.5 Å². The Morgan fingerprint density at radius 1 is 0.964 bits per heavy atom. The van der Waals surface area contributed by atoms with E-state index in [0.29, 0.717) is 17.9 Å². The quantitative estimate of drug-likeness (QED) is 0.524. The van der Waals surface area contributed by atoms with Crippen LogP contribution in [0.15, 0.2) is 89.7 Å². The molecule has 0 aliphatic rings. The molecule has 0 unspecified atom stereocenters. The summed E-state index contributed by atoms with van der Waals surface area (Å²) in [6.45, 7) is 2.49. The molecule has 138 valence electrons. The first-order valence-corrected chi connectivity index (χ1v) is 9.13. The second-order valence-corrected chi connectivity index (χ2v) is 6.65. The predicted octanol–water partition coefficient (Wildman–Crippen LogP) is 5.25. The van der Waals surface area contributed by atoms with Crippen LogP contribution in [0.1, 0.15) is 21.5 Å². The molecular weight excluding hydrogens is 348 g/mol. The highest BCUT2D eigenvalue weighted by Gasteiger charge is 2.08. The molecule has 0 bridgehead atoms. The number of carbonyl (C=O) groups is 1. The summed E-state index contributed by atoms with van der Waals surface area (Å²) in [5, 5.41) is 2.96. The van der Waals surface area contributed by atoms with E-state index >= 15 is 0 Å². The molecule has 0 fully saturated rings. The van der Waals surface area contributed by atoms with Gasteiger partial charge in [0.05, 0.1) is 6.26 Å². The zero-order chi connectivity index (χ0) is 19.3. The molecule has 4 rings (SSSR count). The van der Waals surface area contributed by atoms with E-state index in [2.05, 4.69) is 41.5 Å². The second kappa shape index (κ2) is 7.92. The molecule has 4 nitrogen and oxygen atoms in total. The maximum atomic E-state index is 12.5. The van der Waals surface area contributed by atoms with Crippen molar-refractivity contribution >= 4 is 5.91 Å². The molecule has 0 saturated heterocycles. The summed E-state index contributed by atoms with van der Waals surface area (Å²) in [6.07, 6.45) is 3.33. The van der Waals surface area contributed by atoms with Crippen LogP contribution < -0.4 is 5.32 Å². The van der Waals surface area contributed by atoms with Crippen LogP contribution in [0.4, 0.5) is 0 Å². The summed E-state index contributed by atoms with van der Waals surface area (Å²) in [5.74, 6) is 0.603. The smallest absolute Gasteiger partial charge is 0.251 e. The number of hydrogen-bond acceptors (Lipinski definition) is 3. The first-order valence-electron chi connectivity index (χ1n) is 9.13. The lowest BCUT2D eigenvalue weighted by atomic mass is 10.0. The molecule has 0 aliphatic heterocycles. The Balaban J connectivity index is 1.41. The molecule has 2 aromatic heterocycles. The number of aromatic nitrogens is 1. The van der Waals surface area contributed by atoms with E-state index in [4.69, 9.17) is 4.42 Å². The minimum absolute atomic E-state index is 0.105. The number of aryl methyl sites for hydroxylation is 1. The lowest BCUT2D eigenvalue weighted by Crippen LogP contribution is -2.22. The fourth-order valence-corrected chi connectivity index (χ4v) is 2.99. The van der Waals surface area contributed by atoms with Gasteiger partial charge in [-0.15, -0.1) is 0 Å². The normalized spacial score (nSPS) is 10.6. The van der Waals surface area contributed by atoms with Crippen molar-refractivity contribution in [2.24, 2.45) is 0 Å². The van der Waals surface area contributed by atoms with Crippen molar-refractivity contribution in [1.29, 1.82) is 0 Å². The number of hydrogen-bond donors (Lipinski definition) is 1. The van der Waals surface area contributed by atoms with Crippen molar-refractivity contribution in [1.82, 2.24) is 10.3 Å². The molecule has 0 saturated carbocycles. The molecule has 28 heavy (non-hydrogen) atoms. The number of nitrogens with one attached hydrogen (secondary N) is 1. The summed E-state index contributed by atoms with van der Waals surface area (Å²) < 4.78 is 5.37. The number of furan rings is 1. The summed E-state index contributed by atoms with van der Waals surface area (Å²) in [7, 11) is 0. The second-order valence-electron chi connectivity index (χ2n) is 6.65. The maximum absolute atomic E-state index is 12.5. The minimum Gasteiger partial charge on any atom is -0.463 e. The lowest BCUT2D eigenvalue weighted by molar-refractivity contribution is 0.0951. The van der Waals surface area contributed by atoms with Gasteiger partial charge in [-0.1, -0.05) is 42.0 Å². The number of carbonyl (C=O) groups excluding carboxylic acids is 1. The van der Waals surface area contributed by atoms with Crippen LogP contribution in [-0.2, 0) is 6.54 Å². The minimum atomic E-state index is -0.105. The van der Waals surface area contributed by atoms with Crippen molar-refractivity contribution in [3.05, 3.63) is 102 Å². The Labute approximate surface area is 163 Å². The van der Waals surface area contributed by atoms with Gasteiger partial charge in [0.1, 0.15) is 5.69 Å². The lowest BCUT2D eigenvalue weighted by Gasteiger charge is -2.08. The standard InChI is InChI=1S/C24H20N2O2/c1-17-4-6-19(7-5-17)20-8-10-21(11-9-20)24(27)26-16-18-12-13-25-22(15-18)23-3-2-14-28-23/h2-15H,16H2,1H3,(H,26,27). The van der Waals surface area contributed by atoms with Crippen molar-refractivity contribution in [2.75, 3.05) is 0 Å². The third kappa shape index (κ3) is 4.01. The monoisotopic (exact) mass is 368 g/mol. The molecule has 1 N–H and O–H groups in total. The number of benzene rings is 2. The zero-order valence-electron chi connectivity index (χ0n) is 15.6. The highest BCUT2D eigenvalue weighted by atomic mass is 16.3. The molecule has 4 heteroatoms. The Kier molecular flexibility index (Phi) is 5.02. The van der Waals surface area contributed by atoms with Crippen LogP contribution in [0.3, 0.4) is 0 Å².